The number of amidine groups is 1. The molecule has 21 heavy (non-hydrogen) atoms. The Morgan fingerprint density at radius 2 is 2.05 bits per heavy atom. The van der Waals surface area contributed by atoms with Gasteiger partial charge in [0.2, 0.25) is 0 Å². The second-order valence-corrected chi connectivity index (χ2v) is 5.53. The number of halogens is 1. The molecule has 1 aromatic heterocycles. The molecule has 1 saturated heterocycles. The molecular weight excluding hydrogens is 289 g/mol. The number of hydrogen-bond donors (Lipinski definition) is 1. The van der Waals surface area contributed by atoms with Crippen molar-refractivity contribution >= 4 is 34.6 Å². The van der Waals surface area contributed by atoms with Crippen molar-refractivity contribution in [2.45, 2.75) is 0 Å². The third kappa shape index (κ3) is 3.05. The fourth-order valence-electron chi connectivity index (χ4n) is 1.87. The molecule has 0 bridgehead atoms. The van der Waals surface area contributed by atoms with Gasteiger partial charge in [0.05, 0.1) is 10.6 Å². The van der Waals surface area contributed by atoms with Crippen LogP contribution in [0.1, 0.15) is 5.69 Å². The van der Waals surface area contributed by atoms with Gasteiger partial charge in [-0.3, -0.25) is 4.79 Å². The van der Waals surface area contributed by atoms with Crippen LogP contribution < -0.4 is 5.32 Å². The molecule has 0 saturated carbocycles. The number of rotatable bonds is 2. The number of hydrogen-bond acceptors (Lipinski definition) is 3. The second kappa shape index (κ2) is 5.57. The van der Waals surface area contributed by atoms with E-state index in [2.05, 4.69) is 10.3 Å². The monoisotopic (exact) mass is 301 g/mol. The molecule has 0 unspecified atom stereocenters. The molecule has 2 heterocycles. The summed E-state index contributed by atoms with van der Waals surface area (Å²) in [6.45, 7) is 0. The van der Waals surface area contributed by atoms with E-state index in [1.807, 2.05) is 36.0 Å². The van der Waals surface area contributed by atoms with E-state index in [4.69, 9.17) is 0 Å². The summed E-state index contributed by atoms with van der Waals surface area (Å²) in [7, 11) is 1.91. The second-order valence-electron chi connectivity index (χ2n) is 4.50. The minimum atomic E-state index is -0.314. The van der Waals surface area contributed by atoms with E-state index in [1.54, 1.807) is 12.1 Å². The molecule has 1 amide bonds. The predicted molar refractivity (Wildman–Crippen MR) is 82.6 cm³/mol. The number of aryl methyl sites for hydroxylation is 1. The van der Waals surface area contributed by atoms with Gasteiger partial charge < -0.3 is 9.88 Å². The first kappa shape index (κ1) is 13.6. The van der Waals surface area contributed by atoms with Crippen LogP contribution in [0.2, 0.25) is 0 Å². The van der Waals surface area contributed by atoms with Crippen LogP contribution in [0, 0.1) is 5.82 Å². The number of thioether (sulfide) groups is 1. The maximum atomic E-state index is 12.8. The van der Waals surface area contributed by atoms with Crippen molar-refractivity contribution in [1.82, 2.24) is 9.88 Å². The van der Waals surface area contributed by atoms with Gasteiger partial charge in [-0.1, -0.05) is 0 Å². The highest BCUT2D eigenvalue weighted by molar-refractivity contribution is 8.18. The van der Waals surface area contributed by atoms with Crippen LogP contribution in [0.15, 0.2) is 52.5 Å². The van der Waals surface area contributed by atoms with Gasteiger partial charge in [0.1, 0.15) is 5.82 Å². The van der Waals surface area contributed by atoms with Crippen LogP contribution in [-0.2, 0) is 11.8 Å². The zero-order valence-corrected chi connectivity index (χ0v) is 12.0. The minimum Gasteiger partial charge on any atom is -0.351 e. The zero-order chi connectivity index (χ0) is 14.8. The first-order valence-corrected chi connectivity index (χ1v) is 7.10. The van der Waals surface area contributed by atoms with Crippen LogP contribution in [0.25, 0.3) is 6.08 Å². The lowest BCUT2D eigenvalue weighted by Crippen LogP contribution is -2.19. The van der Waals surface area contributed by atoms with Gasteiger partial charge in [0, 0.05) is 18.9 Å². The number of carbonyl (C=O) groups is 1. The number of carbonyl (C=O) groups excluding carboxylic acids is 1. The highest BCUT2D eigenvalue weighted by Gasteiger charge is 2.24. The maximum absolute atomic E-state index is 12.8. The zero-order valence-electron chi connectivity index (χ0n) is 11.2. The quantitative estimate of drug-likeness (QED) is 0.867. The van der Waals surface area contributed by atoms with Crippen LogP contribution >= 0.6 is 11.8 Å². The maximum Gasteiger partial charge on any atom is 0.264 e. The molecule has 0 aliphatic carbocycles. The van der Waals surface area contributed by atoms with Crippen molar-refractivity contribution in [2.24, 2.45) is 12.0 Å². The van der Waals surface area contributed by atoms with Crippen LogP contribution in [0.5, 0.6) is 0 Å². The third-order valence-electron chi connectivity index (χ3n) is 2.97. The summed E-state index contributed by atoms with van der Waals surface area (Å²) in [6, 6.07) is 9.64. The fraction of sp³-hybridized carbons (Fsp3) is 0.0667. The van der Waals surface area contributed by atoms with E-state index in [1.165, 1.54) is 23.9 Å². The molecule has 0 atom stereocenters. The lowest BCUT2D eigenvalue weighted by Gasteiger charge is -1.97. The summed E-state index contributed by atoms with van der Waals surface area (Å²) >= 11 is 1.27. The minimum absolute atomic E-state index is 0.179. The first-order valence-electron chi connectivity index (χ1n) is 6.28. The molecule has 6 heteroatoms. The summed E-state index contributed by atoms with van der Waals surface area (Å²) in [5.41, 5.74) is 1.54. The molecule has 1 fully saturated rings. The molecular formula is C15H12FN3OS. The standard InChI is InChI=1S/C15H12FN3OS/c1-19-8-2-3-12(19)9-13-14(20)18-15(21-13)17-11-6-4-10(16)5-7-11/h2-9H,1H3,(H,17,18,20)/b13-9+. The molecule has 1 N–H and O–H groups in total. The van der Waals surface area contributed by atoms with Gasteiger partial charge in [0.25, 0.3) is 5.91 Å². The molecule has 2 aromatic rings. The molecule has 3 rings (SSSR count). The van der Waals surface area contributed by atoms with Gasteiger partial charge in [-0.05, 0) is 54.2 Å². The van der Waals surface area contributed by atoms with Crippen molar-refractivity contribution in [3.63, 3.8) is 0 Å². The third-order valence-corrected chi connectivity index (χ3v) is 3.88. The Labute approximate surface area is 125 Å². The largest absolute Gasteiger partial charge is 0.351 e. The van der Waals surface area contributed by atoms with Crippen molar-refractivity contribution in [3.05, 3.63) is 59.0 Å². The molecule has 1 aromatic carbocycles. The van der Waals surface area contributed by atoms with E-state index in [9.17, 15) is 9.18 Å². The first-order chi connectivity index (χ1) is 10.1. The van der Waals surface area contributed by atoms with Gasteiger partial charge in [-0.2, -0.15) is 0 Å². The molecule has 1 aliphatic heterocycles. The van der Waals surface area contributed by atoms with Gasteiger partial charge >= 0.3 is 0 Å². The number of aliphatic imine (C=N–C) groups is 1. The number of amides is 1. The molecule has 106 valence electrons. The van der Waals surface area contributed by atoms with Crippen LogP contribution in [0.4, 0.5) is 10.1 Å². The smallest absolute Gasteiger partial charge is 0.264 e. The lowest BCUT2D eigenvalue weighted by atomic mass is 10.3. The SMILES string of the molecule is Cn1cccc1/C=C1/SC(=Nc2ccc(F)cc2)NC1=O. The average molecular weight is 301 g/mol. The predicted octanol–water partition coefficient (Wildman–Crippen LogP) is 3.06. The highest BCUT2D eigenvalue weighted by Crippen LogP contribution is 2.28. The van der Waals surface area contributed by atoms with E-state index in [0.717, 1.165) is 5.69 Å². The van der Waals surface area contributed by atoms with Gasteiger partial charge in [-0.25, -0.2) is 9.38 Å². The Morgan fingerprint density at radius 1 is 1.29 bits per heavy atom. The Hall–Kier alpha value is -2.34. The van der Waals surface area contributed by atoms with E-state index < -0.39 is 0 Å². The Morgan fingerprint density at radius 3 is 2.71 bits per heavy atom. The van der Waals surface area contributed by atoms with Crippen molar-refractivity contribution in [1.29, 1.82) is 0 Å². The molecule has 4 nitrogen and oxygen atoms in total. The number of aromatic nitrogens is 1. The molecule has 1 aliphatic rings. The summed E-state index contributed by atoms with van der Waals surface area (Å²) in [4.78, 5) is 16.8. The topological polar surface area (TPSA) is 46.4 Å². The number of benzene rings is 1. The summed E-state index contributed by atoms with van der Waals surface area (Å²) in [5, 5.41) is 3.19. The van der Waals surface area contributed by atoms with Gasteiger partial charge in [-0.15, -0.1) is 0 Å². The normalized spacial score (nSPS) is 18.5. The van der Waals surface area contributed by atoms with Gasteiger partial charge in [0.15, 0.2) is 5.17 Å². The van der Waals surface area contributed by atoms with Crippen LogP contribution in [0.3, 0.4) is 0 Å². The van der Waals surface area contributed by atoms with E-state index in [0.29, 0.717) is 15.8 Å². The fourth-order valence-corrected chi connectivity index (χ4v) is 2.70. The average Bonchev–Trinajstić information content (AvgIpc) is 3.00. The van der Waals surface area contributed by atoms with Crippen molar-refractivity contribution in [2.75, 3.05) is 0 Å². The number of nitrogens with one attached hydrogen (secondary N) is 1. The summed E-state index contributed by atoms with van der Waals surface area (Å²) < 4.78 is 14.8. The van der Waals surface area contributed by atoms with Crippen molar-refractivity contribution in [3.8, 4) is 0 Å². The molecule has 0 radical (unpaired) electrons. The highest BCUT2D eigenvalue weighted by atomic mass is 32.2. The Balaban J connectivity index is 1.83. The summed E-state index contributed by atoms with van der Waals surface area (Å²) in [5.74, 6) is -0.492. The Bertz CT molecular complexity index is 747. The molecule has 0 spiro atoms. The number of nitrogens with zero attached hydrogens (tertiary/aromatic N) is 2. The summed E-state index contributed by atoms with van der Waals surface area (Å²) in [6.07, 6.45) is 3.73. The Kier molecular flexibility index (Phi) is 3.62. The van der Waals surface area contributed by atoms with Crippen molar-refractivity contribution < 1.29 is 9.18 Å². The van der Waals surface area contributed by atoms with Crippen LogP contribution in [-0.4, -0.2) is 15.6 Å². The van der Waals surface area contributed by atoms with E-state index >= 15 is 0 Å². The van der Waals surface area contributed by atoms with E-state index in [-0.39, 0.29) is 11.7 Å². The lowest BCUT2D eigenvalue weighted by molar-refractivity contribution is -0.115.